The van der Waals surface area contributed by atoms with Gasteiger partial charge in [0.15, 0.2) is 0 Å². The van der Waals surface area contributed by atoms with Crippen molar-refractivity contribution in [2.45, 2.75) is 30.8 Å². The van der Waals surface area contributed by atoms with Gasteiger partial charge in [0, 0.05) is 16.8 Å². The summed E-state index contributed by atoms with van der Waals surface area (Å²) in [5.74, 6) is 0.382. The molecule has 0 fully saturated rings. The number of hydrogen-bond donors (Lipinski definition) is 0. The second-order valence-electron chi connectivity index (χ2n) is 4.25. The average Bonchev–Trinajstić information content (AvgIpc) is 2.80. The number of thioether (sulfide) groups is 1. The van der Waals surface area contributed by atoms with Gasteiger partial charge in [0.25, 0.3) is 0 Å². The van der Waals surface area contributed by atoms with Crippen LogP contribution in [-0.4, -0.2) is 9.97 Å². The number of aromatic nitrogens is 2. The maximum Gasteiger partial charge on any atom is 0.417 e. The van der Waals surface area contributed by atoms with Gasteiger partial charge in [0.1, 0.15) is 11.1 Å². The fourth-order valence-corrected chi connectivity index (χ4v) is 3.36. The second-order valence-corrected chi connectivity index (χ2v) is 6.27. The smallest absolute Gasteiger partial charge is 0.246 e. The van der Waals surface area contributed by atoms with Gasteiger partial charge in [-0.25, -0.2) is 9.97 Å². The molecule has 2 aromatic rings. The van der Waals surface area contributed by atoms with Gasteiger partial charge in [0.05, 0.1) is 21.8 Å². The number of thiazole rings is 1. The summed E-state index contributed by atoms with van der Waals surface area (Å²) >= 11 is 2.56. The lowest BCUT2D eigenvalue weighted by atomic mass is 10.1. The Labute approximate surface area is 127 Å². The number of alkyl halides is 3. The van der Waals surface area contributed by atoms with E-state index in [1.807, 2.05) is 12.3 Å². The third kappa shape index (κ3) is 3.74. The largest absolute Gasteiger partial charge is 0.417 e. The zero-order valence-electron chi connectivity index (χ0n) is 11.2. The molecule has 0 atom stereocenters. The summed E-state index contributed by atoms with van der Waals surface area (Å²) in [6, 6.07) is 2.52. The number of nitriles is 1. The highest BCUT2D eigenvalue weighted by molar-refractivity contribution is 7.98. The predicted molar refractivity (Wildman–Crippen MR) is 75.1 cm³/mol. The van der Waals surface area contributed by atoms with Gasteiger partial charge in [-0.1, -0.05) is 11.8 Å². The van der Waals surface area contributed by atoms with Crippen molar-refractivity contribution in [1.82, 2.24) is 9.97 Å². The van der Waals surface area contributed by atoms with Crippen LogP contribution in [0.25, 0.3) is 0 Å². The van der Waals surface area contributed by atoms with E-state index < -0.39 is 17.3 Å². The Bertz CT molecular complexity index is 702. The van der Waals surface area contributed by atoms with Crippen molar-refractivity contribution in [1.29, 1.82) is 5.26 Å². The molecule has 110 valence electrons. The topological polar surface area (TPSA) is 49.6 Å². The molecular weight excluding hydrogens is 319 g/mol. The van der Waals surface area contributed by atoms with E-state index in [2.05, 4.69) is 9.97 Å². The number of rotatable bonds is 3. The second kappa shape index (κ2) is 6.03. The molecule has 0 saturated carbocycles. The number of pyridine rings is 1. The van der Waals surface area contributed by atoms with Crippen LogP contribution in [0.15, 0.2) is 16.5 Å². The summed E-state index contributed by atoms with van der Waals surface area (Å²) in [6.07, 6.45) is -4.56. The monoisotopic (exact) mass is 329 g/mol. The van der Waals surface area contributed by atoms with Crippen LogP contribution in [0.4, 0.5) is 13.2 Å². The third-order valence-corrected chi connectivity index (χ3v) is 4.39. The van der Waals surface area contributed by atoms with Crippen LogP contribution in [0, 0.1) is 25.2 Å². The van der Waals surface area contributed by atoms with E-state index in [1.54, 1.807) is 6.07 Å². The highest BCUT2D eigenvalue weighted by Gasteiger charge is 2.35. The van der Waals surface area contributed by atoms with E-state index in [-0.39, 0.29) is 10.7 Å². The molecule has 21 heavy (non-hydrogen) atoms. The predicted octanol–water partition coefficient (Wildman–Crippen LogP) is 4.34. The molecule has 0 saturated heterocycles. The normalized spacial score (nSPS) is 11.4. The van der Waals surface area contributed by atoms with E-state index in [0.29, 0.717) is 5.75 Å². The Balaban J connectivity index is 2.35. The highest BCUT2D eigenvalue weighted by Crippen LogP contribution is 2.36. The van der Waals surface area contributed by atoms with E-state index in [4.69, 9.17) is 5.26 Å². The molecule has 0 amide bonds. The molecular formula is C13H10F3N3S2. The molecule has 3 nitrogen and oxygen atoms in total. The maximum atomic E-state index is 13.0. The molecule has 0 aliphatic carbocycles. The van der Waals surface area contributed by atoms with Crippen molar-refractivity contribution >= 4 is 23.1 Å². The molecule has 0 N–H and O–H groups in total. The Kier molecular flexibility index (Phi) is 4.54. The van der Waals surface area contributed by atoms with E-state index in [9.17, 15) is 13.2 Å². The molecule has 0 spiro atoms. The molecule has 0 aliphatic rings. The van der Waals surface area contributed by atoms with Gasteiger partial charge >= 0.3 is 6.18 Å². The maximum absolute atomic E-state index is 13.0. The molecule has 0 unspecified atom stereocenters. The number of nitrogens with zero attached hydrogens (tertiary/aromatic N) is 3. The van der Waals surface area contributed by atoms with Crippen LogP contribution in [0.1, 0.15) is 27.5 Å². The summed E-state index contributed by atoms with van der Waals surface area (Å²) in [6.45, 7) is 3.33. The number of hydrogen-bond acceptors (Lipinski definition) is 5. The lowest BCUT2D eigenvalue weighted by Gasteiger charge is -2.12. The first kappa shape index (κ1) is 15.8. The van der Waals surface area contributed by atoms with Gasteiger partial charge < -0.3 is 0 Å². The Morgan fingerprint density at radius 3 is 2.57 bits per heavy atom. The van der Waals surface area contributed by atoms with Crippen molar-refractivity contribution in [3.8, 4) is 6.07 Å². The first-order valence-electron chi connectivity index (χ1n) is 5.84. The van der Waals surface area contributed by atoms with Crippen molar-refractivity contribution in [3.63, 3.8) is 0 Å². The summed E-state index contributed by atoms with van der Waals surface area (Å²) in [4.78, 5) is 8.30. The summed E-state index contributed by atoms with van der Waals surface area (Å²) in [5, 5.41) is 11.9. The fourth-order valence-electron chi connectivity index (χ4n) is 1.70. The van der Waals surface area contributed by atoms with Gasteiger partial charge in [0.2, 0.25) is 0 Å². The van der Waals surface area contributed by atoms with E-state index in [0.717, 1.165) is 28.5 Å². The van der Waals surface area contributed by atoms with Gasteiger partial charge in [-0.2, -0.15) is 18.4 Å². The molecule has 8 heteroatoms. The summed E-state index contributed by atoms with van der Waals surface area (Å²) < 4.78 is 38.9. The van der Waals surface area contributed by atoms with Crippen LogP contribution in [0.2, 0.25) is 0 Å². The Morgan fingerprint density at radius 2 is 2.05 bits per heavy atom. The van der Waals surface area contributed by atoms with Crippen LogP contribution in [0.3, 0.4) is 0 Å². The van der Waals surface area contributed by atoms with Crippen molar-refractivity contribution in [2.75, 3.05) is 0 Å². The van der Waals surface area contributed by atoms with Gasteiger partial charge in [-0.15, -0.1) is 11.3 Å². The molecule has 2 aromatic heterocycles. The first-order valence-corrected chi connectivity index (χ1v) is 7.70. The lowest BCUT2D eigenvalue weighted by molar-refractivity contribution is -0.138. The Morgan fingerprint density at radius 1 is 1.33 bits per heavy atom. The minimum Gasteiger partial charge on any atom is -0.246 e. The standard InChI is InChI=1S/C13H10F3N3S2/c1-7-3-11(13(14,15)16)10(4-17)12(18-7)21-6-9-5-20-8(2)19-9/h3,5H,6H2,1-2H3. The molecule has 2 heterocycles. The lowest BCUT2D eigenvalue weighted by Crippen LogP contribution is -2.10. The van der Waals surface area contributed by atoms with Crippen LogP contribution in [-0.2, 0) is 11.9 Å². The van der Waals surface area contributed by atoms with E-state index in [1.165, 1.54) is 18.3 Å². The minimum atomic E-state index is -4.56. The van der Waals surface area contributed by atoms with Gasteiger partial charge in [-0.05, 0) is 19.9 Å². The third-order valence-electron chi connectivity index (χ3n) is 2.55. The SMILES string of the molecule is Cc1cc(C(F)(F)F)c(C#N)c(SCc2csc(C)n2)n1. The number of halogens is 3. The quantitative estimate of drug-likeness (QED) is 0.786. The highest BCUT2D eigenvalue weighted by atomic mass is 32.2. The summed E-state index contributed by atoms with van der Waals surface area (Å²) in [7, 11) is 0. The Hall–Kier alpha value is -1.59. The zero-order chi connectivity index (χ0) is 15.6. The van der Waals surface area contributed by atoms with Crippen LogP contribution in [0.5, 0.6) is 0 Å². The zero-order valence-corrected chi connectivity index (χ0v) is 12.8. The van der Waals surface area contributed by atoms with Crippen molar-refractivity contribution in [2.24, 2.45) is 0 Å². The molecule has 0 aliphatic heterocycles. The summed E-state index contributed by atoms with van der Waals surface area (Å²) in [5.41, 5.74) is -0.360. The van der Waals surface area contributed by atoms with Gasteiger partial charge in [-0.3, -0.25) is 0 Å². The average molecular weight is 329 g/mol. The molecule has 0 aromatic carbocycles. The van der Waals surface area contributed by atoms with E-state index >= 15 is 0 Å². The van der Waals surface area contributed by atoms with Crippen LogP contribution >= 0.6 is 23.1 Å². The molecule has 2 rings (SSSR count). The molecule has 0 bridgehead atoms. The minimum absolute atomic E-state index is 0.0930. The van der Waals surface area contributed by atoms with Crippen molar-refractivity contribution in [3.05, 3.63) is 39.0 Å². The van der Waals surface area contributed by atoms with Crippen LogP contribution < -0.4 is 0 Å². The fraction of sp³-hybridized carbons (Fsp3) is 0.308. The van der Waals surface area contributed by atoms with Crippen molar-refractivity contribution < 1.29 is 13.2 Å². The molecule has 0 radical (unpaired) electrons. The first-order chi connectivity index (χ1) is 9.81. The number of aryl methyl sites for hydroxylation is 2.